The Kier molecular flexibility index (Phi) is 5.37. The lowest BCUT2D eigenvalue weighted by Crippen LogP contribution is -2.15. The minimum absolute atomic E-state index is 0.111. The number of rotatable bonds is 6. The molecule has 0 spiro atoms. The number of aryl methyl sites for hydroxylation is 2. The first-order valence-electron chi connectivity index (χ1n) is 7.61. The molecule has 0 amide bonds. The first kappa shape index (κ1) is 18.8. The Morgan fingerprint density at radius 1 is 1.08 bits per heavy atom. The van der Waals surface area contributed by atoms with Crippen molar-refractivity contribution in [2.24, 2.45) is 0 Å². The van der Waals surface area contributed by atoms with Crippen molar-refractivity contribution in [3.63, 3.8) is 0 Å². The van der Waals surface area contributed by atoms with Crippen LogP contribution in [0.5, 0.6) is 11.5 Å². The van der Waals surface area contributed by atoms with Crippen LogP contribution in [0.3, 0.4) is 0 Å². The molecule has 2 N–H and O–H groups in total. The Morgan fingerprint density at radius 3 is 2.20 bits per heavy atom. The van der Waals surface area contributed by atoms with E-state index in [9.17, 15) is 18.3 Å². The Labute approximate surface area is 146 Å². The number of aromatic carboxylic acids is 1. The van der Waals surface area contributed by atoms with Gasteiger partial charge in [0.2, 0.25) is 0 Å². The summed E-state index contributed by atoms with van der Waals surface area (Å²) >= 11 is 0. The van der Waals surface area contributed by atoms with Gasteiger partial charge in [0, 0.05) is 6.07 Å². The molecule has 7 heteroatoms. The zero-order valence-corrected chi connectivity index (χ0v) is 15.1. The van der Waals surface area contributed by atoms with Gasteiger partial charge in [-0.2, -0.15) is 0 Å². The monoisotopic (exact) mass is 364 g/mol. The number of carboxylic acids is 1. The first-order chi connectivity index (χ1) is 11.6. The number of aromatic hydroxyl groups is 1. The number of benzene rings is 2. The fourth-order valence-corrected chi connectivity index (χ4v) is 3.60. The summed E-state index contributed by atoms with van der Waals surface area (Å²) in [5.74, 6) is -1.71. The van der Waals surface area contributed by atoms with E-state index in [1.165, 1.54) is 12.1 Å². The molecule has 0 saturated carbocycles. The lowest BCUT2D eigenvalue weighted by atomic mass is 10.1. The molecule has 2 rings (SSSR count). The predicted molar refractivity (Wildman–Crippen MR) is 93.3 cm³/mol. The lowest BCUT2D eigenvalue weighted by Gasteiger charge is -2.11. The Bertz CT molecular complexity index is 892. The van der Waals surface area contributed by atoms with Crippen molar-refractivity contribution in [3.05, 3.63) is 52.6 Å². The molecule has 2 aromatic carbocycles. The second kappa shape index (κ2) is 7.14. The van der Waals surface area contributed by atoms with Gasteiger partial charge in [0.25, 0.3) is 0 Å². The molecule has 0 heterocycles. The van der Waals surface area contributed by atoms with E-state index in [1.807, 2.05) is 20.8 Å². The molecule has 0 unspecified atom stereocenters. The van der Waals surface area contributed by atoms with Crippen LogP contribution in [0.25, 0.3) is 0 Å². The molecule has 0 saturated heterocycles. The van der Waals surface area contributed by atoms with E-state index in [2.05, 4.69) is 0 Å². The van der Waals surface area contributed by atoms with Crippen LogP contribution in [0.4, 0.5) is 0 Å². The van der Waals surface area contributed by atoms with Gasteiger partial charge in [0.05, 0.1) is 10.6 Å². The van der Waals surface area contributed by atoms with E-state index >= 15 is 0 Å². The Balaban J connectivity index is 2.08. The van der Waals surface area contributed by atoms with E-state index in [0.29, 0.717) is 0 Å². The summed E-state index contributed by atoms with van der Waals surface area (Å²) < 4.78 is 30.2. The molecule has 134 valence electrons. The Morgan fingerprint density at radius 2 is 1.68 bits per heavy atom. The number of ether oxygens (including phenoxy) is 1. The molecule has 0 bridgehead atoms. The van der Waals surface area contributed by atoms with Crippen LogP contribution < -0.4 is 4.74 Å². The van der Waals surface area contributed by atoms with Gasteiger partial charge in [-0.15, -0.1) is 0 Å². The van der Waals surface area contributed by atoms with Gasteiger partial charge in [-0.05, 0) is 61.7 Å². The van der Waals surface area contributed by atoms with E-state index < -0.39 is 21.6 Å². The molecule has 0 aliphatic carbocycles. The SMILES string of the molecule is Cc1cc(S(=O)(=O)CCOc2ccc(C(=O)O)c(O)c2)cc(C)c1C. The summed E-state index contributed by atoms with van der Waals surface area (Å²) in [4.78, 5) is 11.1. The van der Waals surface area contributed by atoms with Crippen LogP contribution in [-0.4, -0.2) is 37.0 Å². The topological polar surface area (TPSA) is 101 Å². The number of carboxylic acid groups (broad SMARTS) is 1. The second-order valence-corrected chi connectivity index (χ2v) is 7.94. The number of carbonyl (C=O) groups is 1. The summed E-state index contributed by atoms with van der Waals surface area (Å²) in [7, 11) is -3.51. The highest BCUT2D eigenvalue weighted by atomic mass is 32.2. The minimum Gasteiger partial charge on any atom is -0.507 e. The molecule has 0 aliphatic heterocycles. The van der Waals surface area contributed by atoms with Crippen LogP contribution in [0.2, 0.25) is 0 Å². The molecule has 0 fully saturated rings. The summed E-state index contributed by atoms with van der Waals surface area (Å²) in [5.41, 5.74) is 2.64. The van der Waals surface area contributed by atoms with Gasteiger partial charge in [-0.25, -0.2) is 13.2 Å². The maximum Gasteiger partial charge on any atom is 0.339 e. The molecule has 0 aromatic heterocycles. The highest BCUT2D eigenvalue weighted by Gasteiger charge is 2.17. The number of phenols is 1. The third kappa shape index (κ3) is 4.30. The number of hydrogen-bond donors (Lipinski definition) is 2. The van der Waals surface area contributed by atoms with Crippen LogP contribution in [0.15, 0.2) is 35.2 Å². The standard InChI is InChI=1S/C18H20O6S/c1-11-8-15(9-12(2)13(11)3)25(22,23)7-6-24-14-4-5-16(18(20)21)17(19)10-14/h4-5,8-10,19H,6-7H2,1-3H3,(H,20,21). The molecular weight excluding hydrogens is 344 g/mol. The van der Waals surface area contributed by atoms with Crippen molar-refractivity contribution in [1.29, 1.82) is 0 Å². The number of sulfone groups is 1. The van der Waals surface area contributed by atoms with Gasteiger partial charge in [-0.3, -0.25) is 0 Å². The molecule has 0 radical (unpaired) electrons. The van der Waals surface area contributed by atoms with Crippen molar-refractivity contribution in [2.45, 2.75) is 25.7 Å². The smallest absolute Gasteiger partial charge is 0.339 e. The number of hydrogen-bond acceptors (Lipinski definition) is 5. The van der Waals surface area contributed by atoms with E-state index in [0.717, 1.165) is 22.8 Å². The maximum atomic E-state index is 12.4. The van der Waals surface area contributed by atoms with Crippen LogP contribution in [-0.2, 0) is 9.84 Å². The predicted octanol–water partition coefficient (Wildman–Crippen LogP) is 2.87. The molecule has 0 aliphatic rings. The second-order valence-electron chi connectivity index (χ2n) is 5.83. The zero-order chi connectivity index (χ0) is 18.8. The summed E-state index contributed by atoms with van der Waals surface area (Å²) in [6, 6.07) is 7.01. The molecule has 25 heavy (non-hydrogen) atoms. The fourth-order valence-electron chi connectivity index (χ4n) is 2.34. The van der Waals surface area contributed by atoms with Crippen LogP contribution in [0, 0.1) is 20.8 Å². The maximum absolute atomic E-state index is 12.4. The van der Waals surface area contributed by atoms with E-state index in [-0.39, 0.29) is 28.6 Å². The first-order valence-corrected chi connectivity index (χ1v) is 9.27. The van der Waals surface area contributed by atoms with Crippen molar-refractivity contribution in [3.8, 4) is 11.5 Å². The average Bonchev–Trinajstić information content (AvgIpc) is 2.51. The summed E-state index contributed by atoms with van der Waals surface area (Å²) in [6.45, 7) is 5.56. The van der Waals surface area contributed by atoms with Crippen LogP contribution in [0.1, 0.15) is 27.0 Å². The van der Waals surface area contributed by atoms with Crippen molar-refractivity contribution < 1.29 is 28.2 Å². The van der Waals surface area contributed by atoms with Gasteiger partial charge in [-0.1, -0.05) is 0 Å². The van der Waals surface area contributed by atoms with Gasteiger partial charge >= 0.3 is 5.97 Å². The van der Waals surface area contributed by atoms with Crippen molar-refractivity contribution in [2.75, 3.05) is 12.4 Å². The quantitative estimate of drug-likeness (QED) is 0.817. The normalized spacial score (nSPS) is 11.3. The largest absolute Gasteiger partial charge is 0.507 e. The van der Waals surface area contributed by atoms with Crippen molar-refractivity contribution >= 4 is 15.8 Å². The van der Waals surface area contributed by atoms with E-state index in [4.69, 9.17) is 9.84 Å². The summed E-state index contributed by atoms with van der Waals surface area (Å²) in [6.07, 6.45) is 0. The van der Waals surface area contributed by atoms with Gasteiger partial charge in [0.1, 0.15) is 23.7 Å². The molecule has 6 nitrogen and oxygen atoms in total. The Hall–Kier alpha value is -2.54. The lowest BCUT2D eigenvalue weighted by molar-refractivity contribution is 0.0693. The van der Waals surface area contributed by atoms with Crippen molar-refractivity contribution in [1.82, 2.24) is 0 Å². The highest BCUT2D eigenvalue weighted by Crippen LogP contribution is 2.24. The highest BCUT2D eigenvalue weighted by molar-refractivity contribution is 7.91. The molecule has 2 aromatic rings. The molecular formula is C18H20O6S. The third-order valence-electron chi connectivity index (χ3n) is 4.08. The molecule has 0 atom stereocenters. The zero-order valence-electron chi connectivity index (χ0n) is 14.2. The van der Waals surface area contributed by atoms with E-state index in [1.54, 1.807) is 12.1 Å². The summed E-state index contributed by atoms with van der Waals surface area (Å²) in [5, 5.41) is 18.5. The third-order valence-corrected chi connectivity index (χ3v) is 5.74. The fraction of sp³-hybridized carbons (Fsp3) is 0.278. The van der Waals surface area contributed by atoms with Crippen LogP contribution >= 0.6 is 0 Å². The minimum atomic E-state index is -3.51. The van der Waals surface area contributed by atoms with Gasteiger partial charge < -0.3 is 14.9 Å². The van der Waals surface area contributed by atoms with Gasteiger partial charge in [0.15, 0.2) is 9.84 Å². The average molecular weight is 364 g/mol.